The van der Waals surface area contributed by atoms with E-state index in [2.05, 4.69) is 35.8 Å². The summed E-state index contributed by atoms with van der Waals surface area (Å²) in [4.78, 5) is 42.8. The van der Waals surface area contributed by atoms with Gasteiger partial charge in [0.05, 0.1) is 18.8 Å². The summed E-state index contributed by atoms with van der Waals surface area (Å²) in [7, 11) is -4.80. The van der Waals surface area contributed by atoms with Crippen LogP contribution in [0.3, 0.4) is 0 Å². The number of ether oxygens (including phenoxy) is 2. The van der Waals surface area contributed by atoms with E-state index >= 15 is 0 Å². The van der Waals surface area contributed by atoms with Crippen molar-refractivity contribution in [2.45, 2.75) is 161 Å². The number of phosphoric acid groups is 1. The molecule has 56 heavy (non-hydrogen) atoms. The molecule has 11 heteroatoms. The van der Waals surface area contributed by atoms with Crippen molar-refractivity contribution < 1.29 is 48.2 Å². The Morgan fingerprint density at radius 1 is 0.571 bits per heavy atom. The molecule has 0 saturated heterocycles. The first-order valence-electron chi connectivity index (χ1n) is 20.7. The Kier molecular flexibility index (Phi) is 36.6. The molecule has 0 aromatic rings. The molecule has 0 saturated carbocycles. The van der Waals surface area contributed by atoms with Gasteiger partial charge in [-0.3, -0.25) is 14.1 Å². The van der Waals surface area contributed by atoms with E-state index in [4.69, 9.17) is 19.3 Å². The van der Waals surface area contributed by atoms with Crippen molar-refractivity contribution in [2.24, 2.45) is 0 Å². The lowest BCUT2D eigenvalue weighted by Crippen LogP contribution is -2.29. The molecule has 0 bridgehead atoms. The zero-order valence-electron chi connectivity index (χ0n) is 34.2. The number of aliphatic hydroxyl groups is 2. The number of carbonyl (C=O) groups is 2. The van der Waals surface area contributed by atoms with Gasteiger partial charge in [0.25, 0.3) is 0 Å². The third-order valence-electron chi connectivity index (χ3n) is 8.27. The van der Waals surface area contributed by atoms with E-state index in [0.717, 1.165) is 44.9 Å². The predicted octanol–water partition coefficient (Wildman–Crippen LogP) is 10.6. The third-order valence-corrected chi connectivity index (χ3v) is 8.75. The summed E-state index contributed by atoms with van der Waals surface area (Å²) < 4.78 is 26.2. The summed E-state index contributed by atoms with van der Waals surface area (Å²) in [5, 5.41) is 19.9. The maximum absolute atomic E-state index is 12.4. The molecule has 0 unspecified atom stereocenters. The molecular weight excluding hydrogens is 731 g/mol. The van der Waals surface area contributed by atoms with Gasteiger partial charge in [-0.05, 0) is 70.6 Å². The lowest BCUT2D eigenvalue weighted by atomic mass is 10.1. The molecule has 0 spiro atoms. The van der Waals surface area contributed by atoms with E-state index in [0.29, 0.717) is 32.1 Å². The van der Waals surface area contributed by atoms with Crippen LogP contribution in [0.15, 0.2) is 97.2 Å². The summed E-state index contributed by atoms with van der Waals surface area (Å²) in [6.07, 6.45) is 46.3. The van der Waals surface area contributed by atoms with Gasteiger partial charge in [-0.15, -0.1) is 0 Å². The summed E-state index contributed by atoms with van der Waals surface area (Å²) in [6.45, 7) is 3.30. The number of hydrogen-bond acceptors (Lipinski definition) is 8. The lowest BCUT2D eigenvalue weighted by molar-refractivity contribution is -0.161. The second kappa shape index (κ2) is 38.7. The first-order valence-corrected chi connectivity index (χ1v) is 22.3. The van der Waals surface area contributed by atoms with Crippen LogP contribution < -0.4 is 0 Å². The minimum absolute atomic E-state index is 0.0782. The largest absolute Gasteiger partial charge is 0.469 e. The highest BCUT2D eigenvalue weighted by Crippen LogP contribution is 2.36. The zero-order valence-corrected chi connectivity index (χ0v) is 35.1. The number of phosphoric ester groups is 1. The smallest absolute Gasteiger partial charge is 0.462 e. The van der Waals surface area contributed by atoms with Gasteiger partial charge >= 0.3 is 19.8 Å². The summed E-state index contributed by atoms with van der Waals surface area (Å²) >= 11 is 0. The predicted molar refractivity (Wildman–Crippen MR) is 228 cm³/mol. The van der Waals surface area contributed by atoms with Crippen molar-refractivity contribution in [3.8, 4) is 0 Å². The Balaban J connectivity index is 4.20. The number of rotatable bonds is 36. The van der Waals surface area contributed by atoms with Gasteiger partial charge in [0.2, 0.25) is 0 Å². The van der Waals surface area contributed by atoms with Crippen LogP contribution in [0, 0.1) is 0 Å². The van der Waals surface area contributed by atoms with Crippen LogP contribution in [0.25, 0.3) is 0 Å². The van der Waals surface area contributed by atoms with E-state index in [1.807, 2.05) is 43.4 Å². The molecule has 318 valence electrons. The fourth-order valence-corrected chi connectivity index (χ4v) is 5.49. The van der Waals surface area contributed by atoms with Gasteiger partial charge < -0.3 is 29.5 Å². The third kappa shape index (κ3) is 40.6. The molecule has 3 atom stereocenters. The molecule has 0 fully saturated rings. The van der Waals surface area contributed by atoms with Crippen LogP contribution in [-0.4, -0.2) is 63.5 Å². The lowest BCUT2D eigenvalue weighted by Gasteiger charge is -2.18. The van der Waals surface area contributed by atoms with E-state index in [1.165, 1.54) is 38.5 Å². The van der Waals surface area contributed by atoms with Gasteiger partial charge in [0.1, 0.15) is 6.61 Å². The summed E-state index contributed by atoms with van der Waals surface area (Å²) in [5.41, 5.74) is 0. The van der Waals surface area contributed by atoms with Crippen molar-refractivity contribution in [3.63, 3.8) is 0 Å². The molecule has 0 aliphatic rings. The fourth-order valence-electron chi connectivity index (χ4n) is 5.13. The Morgan fingerprint density at radius 3 is 1.66 bits per heavy atom. The van der Waals surface area contributed by atoms with E-state index in [9.17, 15) is 24.4 Å². The second-order valence-electron chi connectivity index (χ2n) is 13.6. The molecule has 0 heterocycles. The van der Waals surface area contributed by atoms with Crippen LogP contribution in [0.5, 0.6) is 0 Å². The van der Waals surface area contributed by atoms with E-state index in [-0.39, 0.29) is 19.4 Å². The van der Waals surface area contributed by atoms with Gasteiger partial charge in [-0.25, -0.2) is 4.57 Å². The van der Waals surface area contributed by atoms with Crippen LogP contribution >= 0.6 is 7.82 Å². The maximum atomic E-state index is 12.4. The van der Waals surface area contributed by atoms with E-state index in [1.54, 1.807) is 36.5 Å². The maximum Gasteiger partial charge on any atom is 0.469 e. The standard InChI is InChI=1S/C45H73O10P/c1-3-5-7-8-9-10-11-12-13-14-15-16-17-18-19-24-32-38-45(49)55-43(40-54-56(50,51)52)39-53-44(48)37-31-23-21-20-22-28-34-42(47)36-30-26-25-29-35-41(46)33-27-6-4-2/h6,9-10,12-13,21-23,25-30,35-36,41-43,46-47H,3-5,7-8,11,14-20,24,31-34,37-40H2,1-2H3,(H2,50,51,52)/b10-9-,13-12-,23-21-,26-25-,27-6-,28-22-,35-29+,36-30+/t41-,42+,43-/m1/s1. The number of unbranched alkanes of at least 4 members (excludes halogenated alkanes) is 10. The number of allylic oxidation sites excluding steroid dienone is 12. The minimum atomic E-state index is -4.80. The van der Waals surface area contributed by atoms with Crippen LogP contribution in [0.2, 0.25) is 0 Å². The molecule has 0 radical (unpaired) electrons. The van der Waals surface area contributed by atoms with Crippen molar-refractivity contribution >= 4 is 19.8 Å². The second-order valence-corrected chi connectivity index (χ2v) is 14.9. The Hall–Kier alpha value is -3.11. The zero-order chi connectivity index (χ0) is 41.4. The van der Waals surface area contributed by atoms with Crippen LogP contribution in [0.1, 0.15) is 142 Å². The monoisotopic (exact) mass is 804 g/mol. The molecule has 4 N–H and O–H groups in total. The Bertz CT molecular complexity index is 1260. The number of esters is 2. The van der Waals surface area contributed by atoms with Gasteiger partial charge in [-0.2, -0.15) is 0 Å². The van der Waals surface area contributed by atoms with Gasteiger partial charge in [0.15, 0.2) is 6.10 Å². The first-order chi connectivity index (χ1) is 27.1. The van der Waals surface area contributed by atoms with Crippen LogP contribution in [-0.2, 0) is 28.2 Å². The topological polar surface area (TPSA) is 160 Å². The normalized spacial score (nSPS) is 14.6. The van der Waals surface area contributed by atoms with Gasteiger partial charge in [0, 0.05) is 12.8 Å². The summed E-state index contributed by atoms with van der Waals surface area (Å²) in [6, 6.07) is 0. The van der Waals surface area contributed by atoms with E-state index < -0.39 is 44.7 Å². The SMILES string of the molecule is CC/C=C\C[C@@H](O)/C=C/C=C\C=C\[C@@H](O)C/C=C\C/C=C\CCC(=O)OC[C@H](COP(=O)(O)O)OC(=O)CCCCCCCCC/C=C\C/C=C\CCCCC. The highest BCUT2D eigenvalue weighted by atomic mass is 31.2. The van der Waals surface area contributed by atoms with Crippen molar-refractivity contribution in [1.82, 2.24) is 0 Å². The quantitative estimate of drug-likeness (QED) is 0.0158. The first kappa shape index (κ1) is 52.9. The molecular formula is C45H73O10P. The highest BCUT2D eigenvalue weighted by Gasteiger charge is 2.22. The van der Waals surface area contributed by atoms with Crippen molar-refractivity contribution in [1.29, 1.82) is 0 Å². The molecule has 0 aliphatic heterocycles. The van der Waals surface area contributed by atoms with Gasteiger partial charge in [-0.1, -0.05) is 156 Å². The molecule has 10 nitrogen and oxygen atoms in total. The average molecular weight is 805 g/mol. The van der Waals surface area contributed by atoms with Crippen LogP contribution in [0.4, 0.5) is 0 Å². The number of carbonyl (C=O) groups excluding carboxylic acids is 2. The Labute approximate surface area is 338 Å². The van der Waals surface area contributed by atoms with Crippen molar-refractivity contribution in [2.75, 3.05) is 13.2 Å². The highest BCUT2D eigenvalue weighted by molar-refractivity contribution is 7.46. The Morgan fingerprint density at radius 2 is 1.09 bits per heavy atom. The van der Waals surface area contributed by atoms with Crippen molar-refractivity contribution in [3.05, 3.63) is 97.2 Å². The fraction of sp³-hybridized carbons (Fsp3) is 0.600. The molecule has 0 aromatic carbocycles. The molecule has 0 aromatic heterocycles. The molecule has 0 rings (SSSR count). The number of hydrogen-bond donors (Lipinski definition) is 4. The molecule has 0 aliphatic carbocycles. The average Bonchev–Trinajstić information content (AvgIpc) is 3.16. The minimum Gasteiger partial charge on any atom is -0.462 e. The summed E-state index contributed by atoms with van der Waals surface area (Å²) in [5.74, 6) is -1.07. The number of aliphatic hydroxyl groups excluding tert-OH is 2. The molecule has 0 amide bonds.